The van der Waals surface area contributed by atoms with Gasteiger partial charge in [-0.05, 0) is 25.3 Å². The van der Waals surface area contributed by atoms with Gasteiger partial charge in [0.05, 0.1) is 12.1 Å². The summed E-state index contributed by atoms with van der Waals surface area (Å²) >= 11 is 0. The highest BCUT2D eigenvalue weighted by molar-refractivity contribution is 5.81. The Hall–Kier alpha value is -0.610. The molecule has 100 valence electrons. The molecule has 2 atom stereocenters. The topological polar surface area (TPSA) is 61.4 Å². The normalized spacial score (nSPS) is 22.5. The number of carbonyl (C=O) groups excluding carboxylic acids is 1. The Morgan fingerprint density at radius 1 is 1.41 bits per heavy atom. The SMILES string of the molecule is CCC(CC)C(O)CNC(=O)[C@H]1CCCCN1. The summed E-state index contributed by atoms with van der Waals surface area (Å²) in [6.07, 6.45) is 4.66. The summed E-state index contributed by atoms with van der Waals surface area (Å²) in [6.45, 7) is 5.44. The molecule has 1 saturated heterocycles. The first-order valence-electron chi connectivity index (χ1n) is 6.88. The predicted molar refractivity (Wildman–Crippen MR) is 68.7 cm³/mol. The molecule has 1 heterocycles. The fraction of sp³-hybridized carbons (Fsp3) is 0.923. The lowest BCUT2D eigenvalue weighted by Crippen LogP contribution is -2.48. The number of aliphatic hydroxyl groups is 1. The minimum absolute atomic E-state index is 0.0368. The Morgan fingerprint density at radius 3 is 2.65 bits per heavy atom. The van der Waals surface area contributed by atoms with Gasteiger partial charge < -0.3 is 15.7 Å². The van der Waals surface area contributed by atoms with Gasteiger partial charge in [-0.1, -0.05) is 33.1 Å². The third-order valence-corrected chi connectivity index (χ3v) is 3.71. The Morgan fingerprint density at radius 2 is 2.12 bits per heavy atom. The lowest BCUT2D eigenvalue weighted by Gasteiger charge is -2.25. The third kappa shape index (κ3) is 4.64. The van der Waals surface area contributed by atoms with E-state index in [1.165, 1.54) is 0 Å². The molecule has 17 heavy (non-hydrogen) atoms. The van der Waals surface area contributed by atoms with Gasteiger partial charge in [0.1, 0.15) is 0 Å². The zero-order valence-electron chi connectivity index (χ0n) is 11.0. The van der Waals surface area contributed by atoms with Crippen LogP contribution in [0.15, 0.2) is 0 Å². The van der Waals surface area contributed by atoms with E-state index in [1.54, 1.807) is 0 Å². The van der Waals surface area contributed by atoms with Gasteiger partial charge in [-0.25, -0.2) is 0 Å². The van der Waals surface area contributed by atoms with Crippen LogP contribution < -0.4 is 10.6 Å². The summed E-state index contributed by atoms with van der Waals surface area (Å²) in [5.74, 6) is 0.323. The first-order chi connectivity index (χ1) is 8.19. The van der Waals surface area contributed by atoms with E-state index < -0.39 is 6.10 Å². The molecular weight excluding hydrogens is 216 g/mol. The van der Waals surface area contributed by atoms with Crippen molar-refractivity contribution < 1.29 is 9.90 Å². The van der Waals surface area contributed by atoms with Gasteiger partial charge in [0.15, 0.2) is 0 Å². The highest BCUT2D eigenvalue weighted by Crippen LogP contribution is 2.12. The summed E-state index contributed by atoms with van der Waals surface area (Å²) < 4.78 is 0. The third-order valence-electron chi connectivity index (χ3n) is 3.71. The van der Waals surface area contributed by atoms with Gasteiger partial charge in [-0.15, -0.1) is 0 Å². The molecule has 4 nitrogen and oxygen atoms in total. The zero-order valence-corrected chi connectivity index (χ0v) is 11.0. The average molecular weight is 242 g/mol. The minimum atomic E-state index is -0.419. The summed E-state index contributed by atoms with van der Waals surface area (Å²) in [5, 5.41) is 16.0. The van der Waals surface area contributed by atoms with E-state index in [1.807, 2.05) is 0 Å². The second-order valence-electron chi connectivity index (χ2n) is 4.89. The smallest absolute Gasteiger partial charge is 0.237 e. The Kier molecular flexibility index (Phi) is 6.52. The van der Waals surface area contributed by atoms with Crippen molar-refractivity contribution in [3.8, 4) is 0 Å². The van der Waals surface area contributed by atoms with E-state index in [-0.39, 0.29) is 17.9 Å². The number of hydrogen-bond donors (Lipinski definition) is 3. The van der Waals surface area contributed by atoms with Gasteiger partial charge in [0.2, 0.25) is 5.91 Å². The van der Waals surface area contributed by atoms with Crippen molar-refractivity contribution in [3.05, 3.63) is 0 Å². The molecule has 0 radical (unpaired) electrons. The quantitative estimate of drug-likeness (QED) is 0.652. The number of carbonyl (C=O) groups is 1. The van der Waals surface area contributed by atoms with Crippen molar-refractivity contribution in [3.63, 3.8) is 0 Å². The molecule has 1 amide bonds. The van der Waals surface area contributed by atoms with E-state index in [9.17, 15) is 9.90 Å². The molecule has 0 aromatic rings. The number of aliphatic hydroxyl groups excluding tert-OH is 1. The molecule has 0 spiro atoms. The van der Waals surface area contributed by atoms with Crippen LogP contribution in [0.25, 0.3) is 0 Å². The van der Waals surface area contributed by atoms with Crippen LogP contribution in [0.1, 0.15) is 46.0 Å². The summed E-state index contributed by atoms with van der Waals surface area (Å²) in [7, 11) is 0. The second kappa shape index (κ2) is 7.67. The van der Waals surface area contributed by atoms with Crippen LogP contribution in [-0.2, 0) is 4.79 Å². The number of piperidine rings is 1. The fourth-order valence-electron chi connectivity index (χ4n) is 2.40. The maximum absolute atomic E-state index is 11.8. The fourth-order valence-corrected chi connectivity index (χ4v) is 2.40. The first-order valence-corrected chi connectivity index (χ1v) is 6.88. The second-order valence-corrected chi connectivity index (χ2v) is 4.89. The molecule has 0 bridgehead atoms. The molecule has 3 N–H and O–H groups in total. The van der Waals surface area contributed by atoms with Crippen molar-refractivity contribution in [1.82, 2.24) is 10.6 Å². The number of hydrogen-bond acceptors (Lipinski definition) is 3. The van der Waals surface area contributed by atoms with Gasteiger partial charge in [-0.3, -0.25) is 4.79 Å². The van der Waals surface area contributed by atoms with Crippen molar-refractivity contribution in [2.45, 2.75) is 58.1 Å². The summed E-state index contributed by atoms with van der Waals surface area (Å²) in [6, 6.07) is -0.0577. The largest absolute Gasteiger partial charge is 0.391 e. The van der Waals surface area contributed by atoms with Crippen LogP contribution >= 0.6 is 0 Å². The molecule has 0 aromatic carbocycles. The molecule has 1 aliphatic heterocycles. The molecule has 4 heteroatoms. The van der Waals surface area contributed by atoms with Gasteiger partial charge >= 0.3 is 0 Å². The monoisotopic (exact) mass is 242 g/mol. The predicted octanol–water partition coefficient (Wildman–Crippen LogP) is 1.04. The Balaban J connectivity index is 2.26. The molecule has 1 fully saturated rings. The van der Waals surface area contributed by atoms with Crippen molar-refractivity contribution in [1.29, 1.82) is 0 Å². The van der Waals surface area contributed by atoms with Crippen LogP contribution in [0.2, 0.25) is 0 Å². The molecule has 1 unspecified atom stereocenters. The Bertz CT molecular complexity index is 223. The molecule has 0 saturated carbocycles. The molecular formula is C13H26N2O2. The van der Waals surface area contributed by atoms with Crippen molar-refractivity contribution in [2.75, 3.05) is 13.1 Å². The van der Waals surface area contributed by atoms with Crippen LogP contribution in [0.3, 0.4) is 0 Å². The minimum Gasteiger partial charge on any atom is -0.391 e. The zero-order chi connectivity index (χ0) is 12.7. The van der Waals surface area contributed by atoms with Crippen LogP contribution in [0.5, 0.6) is 0 Å². The van der Waals surface area contributed by atoms with Gasteiger partial charge in [-0.2, -0.15) is 0 Å². The number of rotatable bonds is 6. The number of amides is 1. The molecule has 0 aromatic heterocycles. The van der Waals surface area contributed by atoms with Crippen LogP contribution in [0, 0.1) is 5.92 Å². The maximum atomic E-state index is 11.8. The summed E-state index contributed by atoms with van der Waals surface area (Å²) in [4.78, 5) is 11.8. The molecule has 1 rings (SSSR count). The van der Waals surface area contributed by atoms with Crippen LogP contribution in [0.4, 0.5) is 0 Å². The van der Waals surface area contributed by atoms with E-state index >= 15 is 0 Å². The average Bonchev–Trinajstić information content (AvgIpc) is 2.38. The van der Waals surface area contributed by atoms with Gasteiger partial charge in [0.25, 0.3) is 0 Å². The van der Waals surface area contributed by atoms with Gasteiger partial charge in [0, 0.05) is 6.54 Å². The van der Waals surface area contributed by atoms with E-state index in [0.29, 0.717) is 6.54 Å². The maximum Gasteiger partial charge on any atom is 0.237 e. The number of nitrogens with one attached hydrogen (secondary N) is 2. The highest BCUT2D eigenvalue weighted by Gasteiger charge is 2.22. The van der Waals surface area contributed by atoms with E-state index in [4.69, 9.17) is 0 Å². The van der Waals surface area contributed by atoms with Crippen molar-refractivity contribution in [2.24, 2.45) is 5.92 Å². The molecule has 0 aliphatic carbocycles. The van der Waals surface area contributed by atoms with Crippen molar-refractivity contribution >= 4 is 5.91 Å². The lowest BCUT2D eigenvalue weighted by atomic mass is 9.96. The summed E-state index contributed by atoms with van der Waals surface area (Å²) in [5.41, 5.74) is 0. The Labute approximate surface area is 104 Å². The van der Waals surface area contributed by atoms with E-state index in [0.717, 1.165) is 38.6 Å². The van der Waals surface area contributed by atoms with E-state index in [2.05, 4.69) is 24.5 Å². The standard InChI is InChI=1S/C13H26N2O2/c1-3-10(4-2)12(16)9-15-13(17)11-7-5-6-8-14-11/h10-12,14,16H,3-9H2,1-2H3,(H,15,17)/t11-,12?/m1/s1. The lowest BCUT2D eigenvalue weighted by molar-refractivity contribution is -0.124. The van der Waals surface area contributed by atoms with Crippen LogP contribution in [-0.4, -0.2) is 36.2 Å². The molecule has 1 aliphatic rings. The highest BCUT2D eigenvalue weighted by atomic mass is 16.3. The first kappa shape index (κ1) is 14.5.